The maximum absolute atomic E-state index is 12.5. The van der Waals surface area contributed by atoms with Gasteiger partial charge in [0.2, 0.25) is 0 Å². The second-order valence-electron chi connectivity index (χ2n) is 4.93. The van der Waals surface area contributed by atoms with Crippen molar-refractivity contribution in [1.29, 1.82) is 0 Å². The molecule has 114 valence electrons. The van der Waals surface area contributed by atoms with Crippen molar-refractivity contribution in [1.82, 2.24) is 5.32 Å². The van der Waals surface area contributed by atoms with Gasteiger partial charge in [0.15, 0.2) is 7.11 Å². The lowest BCUT2D eigenvalue weighted by atomic mass is 9.92. The molecule has 1 aliphatic heterocycles. The third-order valence-electron chi connectivity index (χ3n) is 3.48. The number of carbonyl (C=O) groups excluding carboxylic acids is 1. The zero-order valence-corrected chi connectivity index (χ0v) is 11.6. The monoisotopic (exact) mass is 300 g/mol. The molecule has 0 bridgehead atoms. The Morgan fingerprint density at radius 1 is 1.33 bits per heavy atom. The Kier molecular flexibility index (Phi) is 4.67. The Morgan fingerprint density at radius 3 is 2.57 bits per heavy atom. The quantitative estimate of drug-likeness (QED) is 0.518. The van der Waals surface area contributed by atoms with Gasteiger partial charge in [-0.25, -0.2) is 0 Å². The number of nitrogens with one attached hydrogen (secondary N) is 1. The summed E-state index contributed by atoms with van der Waals surface area (Å²) in [5, 5.41) is 3.26. The van der Waals surface area contributed by atoms with Gasteiger partial charge in [0, 0.05) is 6.04 Å². The fourth-order valence-corrected chi connectivity index (χ4v) is 2.35. The highest BCUT2D eigenvalue weighted by Gasteiger charge is 2.30. The highest BCUT2D eigenvalue weighted by atomic mass is 19.4. The number of hydrogen-bond donors (Lipinski definition) is 1. The molecule has 0 saturated carbocycles. The molecule has 1 aromatic carbocycles. The van der Waals surface area contributed by atoms with Crippen molar-refractivity contribution >= 4 is 5.97 Å². The largest absolute Gasteiger partial charge is 0.509 e. The molecule has 2 rings (SSSR count). The van der Waals surface area contributed by atoms with E-state index in [0.29, 0.717) is 13.0 Å². The number of halogens is 3. The van der Waals surface area contributed by atoms with Crippen molar-refractivity contribution in [2.75, 3.05) is 13.7 Å². The summed E-state index contributed by atoms with van der Waals surface area (Å²) in [7, 11) is 1.38. The third-order valence-corrected chi connectivity index (χ3v) is 3.48. The van der Waals surface area contributed by atoms with Crippen molar-refractivity contribution in [3.8, 4) is 0 Å². The topological polar surface area (TPSA) is 42.7 Å². The van der Waals surface area contributed by atoms with Gasteiger partial charge in [0.05, 0.1) is 11.6 Å². The summed E-state index contributed by atoms with van der Waals surface area (Å²) in [6, 6.07) is 5.10. The molecule has 0 radical (unpaired) electrons. The first kappa shape index (κ1) is 15.6. The van der Waals surface area contributed by atoms with E-state index in [1.54, 1.807) is 6.08 Å². The predicted molar refractivity (Wildman–Crippen MR) is 73.5 cm³/mol. The molecule has 0 amide bonds. The third kappa shape index (κ3) is 4.07. The molecular weight excluding hydrogens is 283 g/mol. The standard InChI is InChI=1S/C15H16F3NO2/c1-21-14(20)9-10-6-7-19-13(8-10)11-2-4-12(5-3-11)15(16,17)18/h2-5,9,13,19H,6-8H2,1H3/p+1/b10-9+/t13-/m0/s1. The van der Waals surface area contributed by atoms with Gasteiger partial charge < -0.3 is 14.8 Å². The van der Waals surface area contributed by atoms with Crippen molar-refractivity contribution < 1.29 is 22.7 Å². The van der Waals surface area contributed by atoms with Crippen LogP contribution < -0.4 is 5.32 Å². The van der Waals surface area contributed by atoms with Crippen molar-refractivity contribution in [2.45, 2.75) is 25.1 Å². The van der Waals surface area contributed by atoms with E-state index in [1.165, 1.54) is 19.2 Å². The fourth-order valence-electron chi connectivity index (χ4n) is 2.35. The number of ether oxygens (including phenoxy) is 1. The minimum Gasteiger partial charge on any atom is -0.335 e. The molecule has 1 aliphatic rings. The van der Waals surface area contributed by atoms with Crippen LogP contribution in [0.25, 0.3) is 0 Å². The summed E-state index contributed by atoms with van der Waals surface area (Å²) in [6.45, 7) is 0.703. The van der Waals surface area contributed by atoms with E-state index in [-0.39, 0.29) is 12.0 Å². The molecule has 2 N–H and O–H groups in total. The Bertz CT molecular complexity index is 535. The number of alkyl halides is 3. The summed E-state index contributed by atoms with van der Waals surface area (Å²) in [4.78, 5) is 9.37. The van der Waals surface area contributed by atoms with E-state index < -0.39 is 11.7 Å². The van der Waals surface area contributed by atoms with Gasteiger partial charge >= 0.3 is 12.1 Å². The van der Waals surface area contributed by atoms with Crippen LogP contribution >= 0.6 is 0 Å². The molecule has 1 atom stereocenters. The molecule has 0 spiro atoms. The van der Waals surface area contributed by atoms with Gasteiger partial charge in [-0.2, -0.15) is 13.2 Å². The smallest absolute Gasteiger partial charge is 0.335 e. The van der Waals surface area contributed by atoms with Crippen LogP contribution in [0.4, 0.5) is 13.2 Å². The Hall–Kier alpha value is -1.82. The van der Waals surface area contributed by atoms with Gasteiger partial charge in [0.1, 0.15) is 0 Å². The molecule has 1 heterocycles. The van der Waals surface area contributed by atoms with Crippen LogP contribution in [-0.4, -0.2) is 24.4 Å². The molecule has 1 saturated heterocycles. The molecule has 3 nitrogen and oxygen atoms in total. The van der Waals surface area contributed by atoms with Crippen LogP contribution in [0.15, 0.2) is 35.9 Å². The molecule has 21 heavy (non-hydrogen) atoms. The van der Waals surface area contributed by atoms with Crippen LogP contribution in [0.1, 0.15) is 30.0 Å². The van der Waals surface area contributed by atoms with Crippen LogP contribution in [-0.2, 0) is 10.9 Å². The first-order chi connectivity index (χ1) is 9.90. The summed E-state index contributed by atoms with van der Waals surface area (Å²) in [5.74, 6) is -0.155. The second kappa shape index (κ2) is 6.30. The number of benzene rings is 1. The van der Waals surface area contributed by atoms with Crippen LogP contribution in [0, 0.1) is 0 Å². The number of rotatable bonds is 2. The number of esters is 1. The van der Waals surface area contributed by atoms with Gasteiger partial charge in [-0.1, -0.05) is 17.7 Å². The van der Waals surface area contributed by atoms with Crippen LogP contribution in [0.5, 0.6) is 0 Å². The summed E-state index contributed by atoms with van der Waals surface area (Å²) in [6.07, 6.45) is -1.36. The maximum Gasteiger partial charge on any atom is 0.509 e. The lowest BCUT2D eigenvalue weighted by Gasteiger charge is -2.26. The van der Waals surface area contributed by atoms with E-state index in [0.717, 1.165) is 29.7 Å². The van der Waals surface area contributed by atoms with Gasteiger partial charge in [-0.05, 0) is 37.1 Å². The fraction of sp³-hybridized carbons (Fsp3) is 0.400. The molecule has 1 fully saturated rings. The van der Waals surface area contributed by atoms with E-state index >= 15 is 0 Å². The highest BCUT2D eigenvalue weighted by molar-refractivity contribution is 5.83. The Labute approximate surface area is 120 Å². The van der Waals surface area contributed by atoms with Gasteiger partial charge in [-0.3, -0.25) is 0 Å². The summed E-state index contributed by atoms with van der Waals surface area (Å²) < 4.78 is 42.3. The molecule has 6 heteroatoms. The minimum absolute atomic E-state index is 0.0584. The zero-order valence-electron chi connectivity index (χ0n) is 11.6. The van der Waals surface area contributed by atoms with Crippen molar-refractivity contribution in [3.63, 3.8) is 0 Å². The van der Waals surface area contributed by atoms with Crippen LogP contribution in [0.2, 0.25) is 0 Å². The molecular formula is C15H17F3NO2+. The first-order valence-electron chi connectivity index (χ1n) is 6.60. The van der Waals surface area contributed by atoms with E-state index in [1.807, 2.05) is 0 Å². The normalized spacial score (nSPS) is 21.3. The average Bonchev–Trinajstić information content (AvgIpc) is 2.46. The Balaban J connectivity index is 2.11. The molecule has 0 aliphatic carbocycles. The molecule has 0 aromatic heterocycles. The SMILES string of the molecule is COC(=[OH+])/C=C1\CCN[C@H](c2ccc(C(F)(F)F)cc2)C1. The number of methoxy groups -OCH3 is 1. The van der Waals surface area contributed by atoms with E-state index in [4.69, 9.17) is 4.74 Å². The van der Waals surface area contributed by atoms with Crippen molar-refractivity contribution in [2.24, 2.45) is 0 Å². The highest BCUT2D eigenvalue weighted by Crippen LogP contribution is 2.32. The minimum atomic E-state index is -4.32. The molecule has 0 unspecified atom stereocenters. The van der Waals surface area contributed by atoms with Gasteiger partial charge in [-0.15, -0.1) is 0 Å². The molecule has 1 aromatic rings. The average molecular weight is 300 g/mol. The lowest BCUT2D eigenvalue weighted by Crippen LogP contribution is -2.28. The summed E-state index contributed by atoms with van der Waals surface area (Å²) in [5.41, 5.74) is 1.15. The lowest BCUT2D eigenvalue weighted by molar-refractivity contribution is -0.137. The number of hydrogen-bond acceptors (Lipinski definition) is 2. The van der Waals surface area contributed by atoms with E-state index in [2.05, 4.69) is 5.32 Å². The number of piperidine rings is 1. The van der Waals surface area contributed by atoms with E-state index in [9.17, 15) is 18.0 Å². The zero-order chi connectivity index (χ0) is 15.5. The second-order valence-corrected chi connectivity index (χ2v) is 4.93. The maximum atomic E-state index is 12.5. The van der Waals surface area contributed by atoms with Crippen molar-refractivity contribution in [3.05, 3.63) is 47.0 Å². The summed E-state index contributed by atoms with van der Waals surface area (Å²) >= 11 is 0. The Morgan fingerprint density at radius 2 is 2.00 bits per heavy atom. The first-order valence-corrected chi connectivity index (χ1v) is 6.60. The van der Waals surface area contributed by atoms with Crippen LogP contribution in [0.3, 0.4) is 0 Å². The predicted octanol–water partition coefficient (Wildman–Crippen LogP) is 3.21. The van der Waals surface area contributed by atoms with Gasteiger partial charge in [0.25, 0.3) is 0 Å².